The third-order valence-electron chi connectivity index (χ3n) is 4.35. The van der Waals surface area contributed by atoms with Gasteiger partial charge in [-0.3, -0.25) is 4.79 Å². The molecule has 2 nitrogen and oxygen atoms in total. The van der Waals surface area contributed by atoms with Crippen LogP contribution in [0.4, 0.5) is 4.39 Å². The molecule has 1 fully saturated rings. The monoisotopic (exact) mass is 298 g/mol. The summed E-state index contributed by atoms with van der Waals surface area (Å²) in [6.45, 7) is 2.20. The highest BCUT2D eigenvalue weighted by molar-refractivity contribution is 6.31. The summed E-state index contributed by atoms with van der Waals surface area (Å²) in [6.07, 6.45) is 3.69. The molecule has 0 aromatic heterocycles. The minimum Gasteiger partial charge on any atom is -0.370 e. The van der Waals surface area contributed by atoms with E-state index >= 15 is 0 Å². The van der Waals surface area contributed by atoms with Crippen LogP contribution < -0.4 is 0 Å². The fourth-order valence-electron chi connectivity index (χ4n) is 2.82. The molecule has 0 spiro atoms. The van der Waals surface area contributed by atoms with Crippen molar-refractivity contribution < 1.29 is 13.9 Å². The lowest BCUT2D eigenvalue weighted by atomic mass is 9.76. The Morgan fingerprint density at radius 3 is 2.65 bits per heavy atom. The third kappa shape index (κ3) is 3.21. The standard InChI is InChI=1S/C16H20ClFO2/c1-11-5-7-16(20-2,8-6-11)15(19)9-12-3-4-13(18)10-14(12)17/h3-4,10-11H,5-9H2,1-2H3. The van der Waals surface area contributed by atoms with E-state index < -0.39 is 5.60 Å². The SMILES string of the molecule is COC1(C(=O)Cc2ccc(F)cc2Cl)CCC(C)CC1. The number of methoxy groups -OCH3 is 1. The van der Waals surface area contributed by atoms with Gasteiger partial charge >= 0.3 is 0 Å². The number of Topliss-reactive ketones (excluding diaryl/α,β-unsaturated/α-hetero) is 1. The Balaban J connectivity index is 2.13. The van der Waals surface area contributed by atoms with Crippen LogP contribution in [-0.2, 0) is 16.0 Å². The van der Waals surface area contributed by atoms with Crippen LogP contribution in [0.1, 0.15) is 38.2 Å². The molecule has 4 heteroatoms. The zero-order chi connectivity index (χ0) is 14.8. The van der Waals surface area contributed by atoms with E-state index in [2.05, 4.69) is 6.92 Å². The summed E-state index contributed by atoms with van der Waals surface area (Å²) in [7, 11) is 1.60. The first-order valence-electron chi connectivity index (χ1n) is 6.99. The van der Waals surface area contributed by atoms with Crippen LogP contribution in [-0.4, -0.2) is 18.5 Å². The van der Waals surface area contributed by atoms with E-state index in [4.69, 9.17) is 16.3 Å². The number of hydrogen-bond acceptors (Lipinski definition) is 2. The van der Waals surface area contributed by atoms with Crippen LogP contribution in [0.5, 0.6) is 0 Å². The van der Waals surface area contributed by atoms with Crippen molar-refractivity contribution in [2.45, 2.75) is 44.6 Å². The quantitative estimate of drug-likeness (QED) is 0.833. The van der Waals surface area contributed by atoms with Crippen LogP contribution in [0.2, 0.25) is 5.02 Å². The normalized spacial score (nSPS) is 26.5. The van der Waals surface area contributed by atoms with Gasteiger partial charge < -0.3 is 4.74 Å². The van der Waals surface area contributed by atoms with Crippen molar-refractivity contribution in [2.24, 2.45) is 5.92 Å². The second-order valence-corrected chi connectivity index (χ2v) is 6.12. The van der Waals surface area contributed by atoms with Crippen molar-refractivity contribution >= 4 is 17.4 Å². The highest BCUT2D eigenvalue weighted by Gasteiger charge is 2.40. The molecule has 0 aliphatic heterocycles. The summed E-state index contributed by atoms with van der Waals surface area (Å²) in [5, 5.41) is 0.300. The van der Waals surface area contributed by atoms with Gasteiger partial charge in [0, 0.05) is 18.6 Å². The minimum absolute atomic E-state index is 0.0420. The Kier molecular flexibility index (Phi) is 4.82. The van der Waals surface area contributed by atoms with Gasteiger partial charge in [0.1, 0.15) is 11.4 Å². The lowest BCUT2D eigenvalue weighted by Crippen LogP contribution is -2.44. The highest BCUT2D eigenvalue weighted by atomic mass is 35.5. The van der Waals surface area contributed by atoms with Crippen molar-refractivity contribution in [1.82, 2.24) is 0 Å². The molecule has 0 amide bonds. The molecule has 1 aromatic carbocycles. The molecule has 1 aliphatic carbocycles. The summed E-state index contributed by atoms with van der Waals surface area (Å²) < 4.78 is 18.6. The Hall–Kier alpha value is -0.930. The lowest BCUT2D eigenvalue weighted by Gasteiger charge is -2.37. The second kappa shape index (κ2) is 6.23. The van der Waals surface area contributed by atoms with Gasteiger partial charge in [0.2, 0.25) is 0 Å². The molecule has 0 bridgehead atoms. The molecule has 20 heavy (non-hydrogen) atoms. The van der Waals surface area contributed by atoms with E-state index in [9.17, 15) is 9.18 Å². The molecule has 0 saturated heterocycles. The number of hydrogen-bond donors (Lipinski definition) is 0. The molecule has 0 atom stereocenters. The van der Waals surface area contributed by atoms with Gasteiger partial charge in [0.25, 0.3) is 0 Å². The van der Waals surface area contributed by atoms with Crippen molar-refractivity contribution in [2.75, 3.05) is 7.11 Å². The fourth-order valence-corrected chi connectivity index (χ4v) is 3.06. The number of ketones is 1. The Morgan fingerprint density at radius 2 is 2.10 bits per heavy atom. The molecule has 0 unspecified atom stereocenters. The van der Waals surface area contributed by atoms with Crippen LogP contribution >= 0.6 is 11.6 Å². The van der Waals surface area contributed by atoms with Gasteiger partial charge in [-0.15, -0.1) is 0 Å². The van der Waals surface area contributed by atoms with Gasteiger partial charge in [-0.1, -0.05) is 24.6 Å². The average molecular weight is 299 g/mol. The molecule has 1 saturated carbocycles. The first kappa shape index (κ1) is 15.5. The summed E-state index contributed by atoms with van der Waals surface area (Å²) >= 11 is 5.99. The first-order valence-corrected chi connectivity index (χ1v) is 7.37. The topological polar surface area (TPSA) is 26.3 Å². The van der Waals surface area contributed by atoms with Gasteiger partial charge in [0.05, 0.1) is 0 Å². The molecule has 1 aromatic rings. The zero-order valence-electron chi connectivity index (χ0n) is 11.9. The summed E-state index contributed by atoms with van der Waals surface area (Å²) in [5.74, 6) is 0.292. The lowest BCUT2D eigenvalue weighted by molar-refractivity contribution is -0.145. The number of rotatable bonds is 4. The summed E-state index contributed by atoms with van der Waals surface area (Å²) in [6, 6.07) is 4.15. The maximum Gasteiger partial charge on any atom is 0.169 e. The number of carbonyl (C=O) groups is 1. The Labute approximate surface area is 124 Å². The van der Waals surface area contributed by atoms with Crippen molar-refractivity contribution in [3.05, 3.63) is 34.6 Å². The van der Waals surface area contributed by atoms with E-state index in [1.165, 1.54) is 12.1 Å². The van der Waals surface area contributed by atoms with Crippen molar-refractivity contribution in [3.8, 4) is 0 Å². The zero-order valence-corrected chi connectivity index (χ0v) is 12.7. The smallest absolute Gasteiger partial charge is 0.169 e. The number of benzene rings is 1. The van der Waals surface area contributed by atoms with E-state index in [-0.39, 0.29) is 18.0 Å². The van der Waals surface area contributed by atoms with Crippen LogP contribution in [0, 0.1) is 11.7 Å². The molecular formula is C16H20ClFO2. The second-order valence-electron chi connectivity index (χ2n) is 5.72. The number of ether oxygens (including phenoxy) is 1. The maximum atomic E-state index is 13.0. The summed E-state index contributed by atoms with van der Waals surface area (Å²) in [4.78, 5) is 12.6. The first-order chi connectivity index (χ1) is 9.47. The molecule has 0 radical (unpaired) electrons. The molecule has 0 heterocycles. The predicted molar refractivity (Wildman–Crippen MR) is 77.5 cm³/mol. The Morgan fingerprint density at radius 1 is 1.45 bits per heavy atom. The van der Waals surface area contributed by atoms with E-state index in [0.29, 0.717) is 16.5 Å². The minimum atomic E-state index is -0.690. The predicted octanol–water partition coefficient (Wildman–Crippen LogP) is 4.19. The average Bonchev–Trinajstić information content (AvgIpc) is 2.43. The largest absolute Gasteiger partial charge is 0.370 e. The van der Waals surface area contributed by atoms with Gasteiger partial charge in [-0.05, 0) is 49.3 Å². The molecule has 0 N–H and O–H groups in total. The van der Waals surface area contributed by atoms with Crippen molar-refractivity contribution in [3.63, 3.8) is 0 Å². The molecule has 2 rings (SSSR count). The van der Waals surface area contributed by atoms with Crippen LogP contribution in [0.15, 0.2) is 18.2 Å². The third-order valence-corrected chi connectivity index (χ3v) is 4.70. The fraction of sp³-hybridized carbons (Fsp3) is 0.562. The Bertz CT molecular complexity index is 493. The number of halogens is 2. The van der Waals surface area contributed by atoms with Crippen LogP contribution in [0.3, 0.4) is 0 Å². The van der Waals surface area contributed by atoms with E-state index in [1.807, 2.05) is 0 Å². The molecule has 110 valence electrons. The highest BCUT2D eigenvalue weighted by Crippen LogP contribution is 2.36. The van der Waals surface area contributed by atoms with E-state index in [0.717, 1.165) is 25.7 Å². The molecule has 1 aliphatic rings. The van der Waals surface area contributed by atoms with Crippen molar-refractivity contribution in [1.29, 1.82) is 0 Å². The van der Waals surface area contributed by atoms with E-state index in [1.54, 1.807) is 13.2 Å². The van der Waals surface area contributed by atoms with Gasteiger partial charge in [-0.2, -0.15) is 0 Å². The van der Waals surface area contributed by atoms with Crippen LogP contribution in [0.25, 0.3) is 0 Å². The summed E-state index contributed by atoms with van der Waals surface area (Å²) in [5.41, 5.74) is -0.0300. The van der Waals surface area contributed by atoms with Gasteiger partial charge in [0.15, 0.2) is 5.78 Å². The molecular weight excluding hydrogens is 279 g/mol. The van der Waals surface area contributed by atoms with Gasteiger partial charge in [-0.25, -0.2) is 4.39 Å². The number of carbonyl (C=O) groups excluding carboxylic acids is 1. The maximum absolute atomic E-state index is 13.0.